The summed E-state index contributed by atoms with van der Waals surface area (Å²) in [5.74, 6) is -0.192. The number of hydrogen-bond donors (Lipinski definition) is 2. The number of benzene rings is 2. The number of piperidine rings is 1. The Kier molecular flexibility index (Phi) is 4.98. The summed E-state index contributed by atoms with van der Waals surface area (Å²) in [6, 6.07) is 12.2. The van der Waals surface area contributed by atoms with Gasteiger partial charge in [0.2, 0.25) is 5.91 Å². The summed E-state index contributed by atoms with van der Waals surface area (Å²) in [5.41, 5.74) is 1.31. The number of halogens is 2. The molecule has 2 aliphatic rings. The van der Waals surface area contributed by atoms with Crippen LogP contribution in [0.3, 0.4) is 0 Å². The lowest BCUT2D eigenvalue weighted by atomic mass is 9.68. The summed E-state index contributed by atoms with van der Waals surface area (Å²) < 4.78 is 0. The van der Waals surface area contributed by atoms with Gasteiger partial charge in [0.05, 0.1) is 6.04 Å². The fourth-order valence-corrected chi connectivity index (χ4v) is 5.02. The third-order valence-electron chi connectivity index (χ3n) is 5.80. The standard InChI is InChI=1S/C21H20Cl2N2O3/c22-14-5-3-4-13(10-14)12-21(18-6-1-2-9-25(18)20(27)28)16-8-7-15(23)11-17(16)24-19(21)26/h3-5,7-8,10-11,18H,1-2,6,9,12H2,(H,24,26)(H,27,28). The number of amides is 2. The summed E-state index contributed by atoms with van der Waals surface area (Å²) >= 11 is 12.3. The van der Waals surface area contributed by atoms with Gasteiger partial charge in [-0.25, -0.2) is 4.79 Å². The molecule has 2 amide bonds. The number of nitrogens with one attached hydrogen (secondary N) is 1. The van der Waals surface area contributed by atoms with Gasteiger partial charge in [-0.15, -0.1) is 0 Å². The Morgan fingerprint density at radius 2 is 1.96 bits per heavy atom. The number of carbonyl (C=O) groups is 2. The number of rotatable bonds is 3. The Morgan fingerprint density at radius 3 is 2.71 bits per heavy atom. The van der Waals surface area contributed by atoms with Gasteiger partial charge in [0.25, 0.3) is 0 Å². The van der Waals surface area contributed by atoms with Crippen molar-refractivity contribution in [1.29, 1.82) is 0 Å². The number of nitrogens with zero attached hydrogens (tertiary/aromatic N) is 1. The molecule has 1 saturated heterocycles. The van der Waals surface area contributed by atoms with Crippen LogP contribution < -0.4 is 5.32 Å². The van der Waals surface area contributed by atoms with Crippen molar-refractivity contribution in [3.8, 4) is 0 Å². The van der Waals surface area contributed by atoms with Crippen LogP contribution in [0.5, 0.6) is 0 Å². The van der Waals surface area contributed by atoms with E-state index in [1.807, 2.05) is 24.3 Å². The van der Waals surface area contributed by atoms with Gasteiger partial charge in [-0.1, -0.05) is 41.4 Å². The van der Waals surface area contributed by atoms with Crippen molar-refractivity contribution in [3.05, 3.63) is 63.6 Å². The van der Waals surface area contributed by atoms with Crippen LogP contribution in [-0.2, 0) is 16.6 Å². The summed E-state index contributed by atoms with van der Waals surface area (Å²) in [5, 5.41) is 13.9. The molecule has 2 aromatic rings. The maximum absolute atomic E-state index is 13.4. The number of carbonyl (C=O) groups excluding carboxylic acids is 1. The summed E-state index contributed by atoms with van der Waals surface area (Å²) in [7, 11) is 0. The van der Waals surface area contributed by atoms with Crippen molar-refractivity contribution in [2.24, 2.45) is 0 Å². The predicted molar refractivity (Wildman–Crippen MR) is 109 cm³/mol. The molecule has 0 bridgehead atoms. The topological polar surface area (TPSA) is 69.6 Å². The van der Waals surface area contributed by atoms with E-state index < -0.39 is 17.6 Å². The third kappa shape index (κ3) is 3.12. The lowest BCUT2D eigenvalue weighted by Crippen LogP contribution is -2.58. The van der Waals surface area contributed by atoms with Crippen LogP contribution >= 0.6 is 23.2 Å². The van der Waals surface area contributed by atoms with Gasteiger partial charge in [-0.2, -0.15) is 0 Å². The smallest absolute Gasteiger partial charge is 0.407 e. The molecule has 5 nitrogen and oxygen atoms in total. The molecule has 146 valence electrons. The number of fused-ring (bicyclic) bond motifs is 1. The zero-order valence-electron chi connectivity index (χ0n) is 15.1. The highest BCUT2D eigenvalue weighted by atomic mass is 35.5. The van der Waals surface area contributed by atoms with Crippen molar-refractivity contribution in [3.63, 3.8) is 0 Å². The Bertz CT molecular complexity index is 949. The molecule has 0 saturated carbocycles. The SMILES string of the molecule is O=C(O)N1CCCCC1C1(Cc2cccc(Cl)c2)C(=O)Nc2cc(Cl)ccc21. The van der Waals surface area contributed by atoms with E-state index in [1.54, 1.807) is 18.2 Å². The molecule has 0 aromatic heterocycles. The first kappa shape index (κ1) is 19.1. The van der Waals surface area contributed by atoms with Crippen molar-refractivity contribution >= 4 is 40.9 Å². The van der Waals surface area contributed by atoms with E-state index in [0.717, 1.165) is 24.0 Å². The van der Waals surface area contributed by atoms with E-state index in [4.69, 9.17) is 23.2 Å². The zero-order chi connectivity index (χ0) is 19.9. The van der Waals surface area contributed by atoms with E-state index in [0.29, 0.717) is 35.1 Å². The van der Waals surface area contributed by atoms with Gasteiger partial charge in [0.1, 0.15) is 5.41 Å². The summed E-state index contributed by atoms with van der Waals surface area (Å²) in [4.78, 5) is 26.8. The maximum atomic E-state index is 13.4. The van der Waals surface area contributed by atoms with Crippen molar-refractivity contribution in [1.82, 2.24) is 4.90 Å². The average Bonchev–Trinajstić information content (AvgIpc) is 2.93. The van der Waals surface area contributed by atoms with Crippen LogP contribution in [0.2, 0.25) is 10.0 Å². The second-order valence-electron chi connectivity index (χ2n) is 7.41. The number of hydrogen-bond acceptors (Lipinski definition) is 2. The van der Waals surface area contributed by atoms with Gasteiger partial charge >= 0.3 is 6.09 Å². The molecule has 2 heterocycles. The Balaban J connectivity index is 1.89. The molecule has 0 radical (unpaired) electrons. The molecule has 0 aliphatic carbocycles. The second kappa shape index (κ2) is 7.30. The quantitative estimate of drug-likeness (QED) is 0.739. The molecule has 0 spiro atoms. The van der Waals surface area contributed by atoms with Gasteiger partial charge in [-0.05, 0) is 61.1 Å². The second-order valence-corrected chi connectivity index (χ2v) is 8.28. The molecular weight excluding hydrogens is 399 g/mol. The number of anilines is 1. The van der Waals surface area contributed by atoms with Crippen molar-refractivity contribution in [2.45, 2.75) is 37.1 Å². The molecule has 2 aromatic carbocycles. The highest BCUT2D eigenvalue weighted by molar-refractivity contribution is 6.31. The van der Waals surface area contributed by atoms with Crippen LogP contribution in [0, 0.1) is 0 Å². The first-order chi connectivity index (χ1) is 13.4. The maximum Gasteiger partial charge on any atom is 0.407 e. The van der Waals surface area contributed by atoms with Gasteiger partial charge < -0.3 is 15.3 Å². The minimum Gasteiger partial charge on any atom is -0.465 e. The highest BCUT2D eigenvalue weighted by Gasteiger charge is 2.55. The minimum absolute atomic E-state index is 0.192. The van der Waals surface area contributed by atoms with Gasteiger partial charge in [0, 0.05) is 22.3 Å². The van der Waals surface area contributed by atoms with E-state index in [2.05, 4.69) is 5.32 Å². The number of carboxylic acid groups (broad SMARTS) is 1. The molecule has 2 unspecified atom stereocenters. The first-order valence-electron chi connectivity index (χ1n) is 9.27. The van der Waals surface area contributed by atoms with Crippen LogP contribution in [0.15, 0.2) is 42.5 Å². The van der Waals surface area contributed by atoms with Crippen LogP contribution in [0.4, 0.5) is 10.5 Å². The molecular formula is C21H20Cl2N2O3. The average molecular weight is 419 g/mol. The molecule has 2 aliphatic heterocycles. The molecule has 7 heteroatoms. The van der Waals surface area contributed by atoms with Gasteiger partial charge in [-0.3, -0.25) is 4.79 Å². The normalized spacial score (nSPS) is 24.0. The fourth-order valence-electron chi connectivity index (χ4n) is 4.63. The first-order valence-corrected chi connectivity index (χ1v) is 10.0. The van der Waals surface area contributed by atoms with E-state index in [1.165, 1.54) is 4.90 Å². The summed E-state index contributed by atoms with van der Waals surface area (Å²) in [6.07, 6.45) is 1.67. The van der Waals surface area contributed by atoms with E-state index in [-0.39, 0.29) is 5.91 Å². The van der Waals surface area contributed by atoms with Crippen LogP contribution in [0.25, 0.3) is 0 Å². The highest BCUT2D eigenvalue weighted by Crippen LogP contribution is 2.47. The minimum atomic E-state index is -1.02. The zero-order valence-corrected chi connectivity index (χ0v) is 16.6. The Labute approximate surface area is 173 Å². The Morgan fingerprint density at radius 1 is 1.18 bits per heavy atom. The predicted octanol–water partition coefficient (Wildman–Crippen LogP) is 4.96. The Hall–Kier alpha value is -2.24. The molecule has 1 fully saturated rings. The lowest BCUT2D eigenvalue weighted by Gasteiger charge is -2.44. The molecule has 2 N–H and O–H groups in total. The van der Waals surface area contributed by atoms with Crippen molar-refractivity contribution < 1.29 is 14.7 Å². The van der Waals surface area contributed by atoms with Crippen molar-refractivity contribution in [2.75, 3.05) is 11.9 Å². The molecule has 4 rings (SSSR count). The van der Waals surface area contributed by atoms with Crippen LogP contribution in [0.1, 0.15) is 30.4 Å². The molecule has 28 heavy (non-hydrogen) atoms. The monoisotopic (exact) mass is 418 g/mol. The summed E-state index contributed by atoms with van der Waals surface area (Å²) in [6.45, 7) is 0.424. The van der Waals surface area contributed by atoms with E-state index in [9.17, 15) is 14.7 Å². The lowest BCUT2D eigenvalue weighted by molar-refractivity contribution is -0.123. The third-order valence-corrected chi connectivity index (χ3v) is 6.28. The molecule has 2 atom stereocenters. The number of likely N-dealkylation sites (tertiary alicyclic amines) is 1. The van der Waals surface area contributed by atoms with Crippen LogP contribution in [-0.4, -0.2) is 34.6 Å². The fraction of sp³-hybridized carbons (Fsp3) is 0.333. The largest absolute Gasteiger partial charge is 0.465 e. The van der Waals surface area contributed by atoms with E-state index >= 15 is 0 Å². The van der Waals surface area contributed by atoms with Gasteiger partial charge in [0.15, 0.2) is 0 Å².